The van der Waals surface area contributed by atoms with Gasteiger partial charge in [0, 0.05) is 51.2 Å². The minimum atomic E-state index is -3.67. The van der Waals surface area contributed by atoms with Gasteiger partial charge in [0.05, 0.1) is 70.3 Å². The summed E-state index contributed by atoms with van der Waals surface area (Å²) in [4.78, 5) is 83.2. The Labute approximate surface area is 454 Å². The quantitative estimate of drug-likeness (QED) is 0.0904. The predicted octanol–water partition coefficient (Wildman–Crippen LogP) is 3.44. The van der Waals surface area contributed by atoms with Gasteiger partial charge in [0.25, 0.3) is 21.2 Å². The van der Waals surface area contributed by atoms with Gasteiger partial charge in [-0.3, -0.25) is 18.9 Å². The molecule has 0 unspecified atom stereocenters. The van der Waals surface area contributed by atoms with Crippen LogP contribution in [0, 0.1) is 25.5 Å². The largest absolute Gasteiger partial charge is 0.479 e. The lowest BCUT2D eigenvalue weighted by Crippen LogP contribution is -2.44. The van der Waals surface area contributed by atoms with Crippen LogP contribution in [0.4, 0.5) is 8.78 Å². The number of carbonyl (C=O) groups is 4. The molecule has 0 radical (unpaired) electrons. The lowest BCUT2D eigenvalue weighted by Gasteiger charge is -2.31. The van der Waals surface area contributed by atoms with Crippen molar-refractivity contribution in [3.8, 4) is 22.8 Å². The molecule has 0 saturated carbocycles. The van der Waals surface area contributed by atoms with Gasteiger partial charge in [0.2, 0.25) is 5.91 Å². The molecule has 1 amide bonds. The number of carbonyl (C=O) groups excluding carboxylic acids is 3. The van der Waals surface area contributed by atoms with Gasteiger partial charge in [0.1, 0.15) is 37.1 Å². The van der Waals surface area contributed by atoms with Crippen LogP contribution in [0.5, 0.6) is 0 Å². The number of esters is 2. The molecule has 0 spiro atoms. The molecule has 0 fully saturated rings. The van der Waals surface area contributed by atoms with Crippen LogP contribution in [-0.4, -0.2) is 99.9 Å². The number of aromatic nitrogens is 4. The first-order valence-electron chi connectivity index (χ1n) is 25.7. The molecule has 25 heteroatoms. The third-order valence-electron chi connectivity index (χ3n) is 15.9. The number of rotatable bonds is 5. The number of amides is 1. The minimum Gasteiger partial charge on any atom is -0.479 e. The van der Waals surface area contributed by atoms with E-state index >= 15 is 0 Å². The normalized spacial score (nSPS) is 21.2. The van der Waals surface area contributed by atoms with Crippen molar-refractivity contribution < 1.29 is 75.9 Å². The topological polar surface area (TPSA) is 350 Å². The van der Waals surface area contributed by atoms with E-state index in [9.17, 15) is 61.3 Å². The van der Waals surface area contributed by atoms with E-state index in [1.807, 2.05) is 0 Å². The zero-order chi connectivity index (χ0) is 58.6. The summed E-state index contributed by atoms with van der Waals surface area (Å²) in [5.74, 6) is -4.00. The van der Waals surface area contributed by atoms with Crippen molar-refractivity contribution in [2.24, 2.45) is 5.73 Å². The Morgan fingerprint density at radius 2 is 1.14 bits per heavy atom. The molecule has 9 N–H and O–H groups in total. The molecule has 6 atom stereocenters. The molecule has 0 bridgehead atoms. The van der Waals surface area contributed by atoms with Crippen molar-refractivity contribution in [3.05, 3.63) is 123 Å². The highest BCUT2D eigenvalue weighted by atomic mass is 32.2. The lowest BCUT2D eigenvalue weighted by atomic mass is 9.81. The first-order chi connectivity index (χ1) is 37.5. The summed E-state index contributed by atoms with van der Waals surface area (Å²) in [5.41, 5.74) is 11.8. The molecule has 6 aliphatic rings. The summed E-state index contributed by atoms with van der Waals surface area (Å²) in [6, 6.07) is 5.33. The number of halogens is 2. The second-order valence-corrected chi connectivity index (χ2v) is 22.3. The summed E-state index contributed by atoms with van der Waals surface area (Å²) in [6.07, 6.45) is 0.732. The highest BCUT2D eigenvalue weighted by Gasteiger charge is 2.48. The maximum Gasteiger partial charge on any atom is 0.343 e. The van der Waals surface area contributed by atoms with Crippen LogP contribution in [0.2, 0.25) is 0 Å². The molecule has 12 rings (SSSR count). The second kappa shape index (κ2) is 20.6. The minimum absolute atomic E-state index is 0.0201. The number of fused-ring (bicyclic) bond motifs is 10. The maximum absolute atomic E-state index is 14.9. The van der Waals surface area contributed by atoms with E-state index in [1.165, 1.54) is 30.5 Å². The molecular weight excluding hydrogens is 1070 g/mol. The van der Waals surface area contributed by atoms with Crippen LogP contribution < -0.4 is 22.2 Å². The number of carboxylic acids is 1. The number of ether oxygens (including phenoxy) is 2. The summed E-state index contributed by atoms with van der Waals surface area (Å²) in [6.45, 7) is 9.39. The second-order valence-electron chi connectivity index (χ2n) is 20.8. The lowest BCUT2D eigenvalue weighted by molar-refractivity contribution is -0.172. The Hall–Kier alpha value is -7.39. The van der Waals surface area contributed by atoms with Gasteiger partial charge in [-0.25, -0.2) is 33.1 Å². The molecule has 8 heterocycles. The Morgan fingerprint density at radius 3 is 1.54 bits per heavy atom. The average Bonchev–Trinajstić information content (AvgIpc) is 4.19. The fourth-order valence-electron chi connectivity index (χ4n) is 11.6. The summed E-state index contributed by atoms with van der Waals surface area (Å²) in [5, 5.41) is 52.3. The molecule has 22 nitrogen and oxygen atoms in total. The number of aryl methyl sites for hydroxylation is 2. The van der Waals surface area contributed by atoms with Crippen LogP contribution in [0.25, 0.3) is 44.6 Å². The van der Waals surface area contributed by atoms with E-state index in [2.05, 4.69) is 5.32 Å². The Bertz CT molecular complexity index is 3950. The van der Waals surface area contributed by atoms with Gasteiger partial charge in [-0.2, -0.15) is 8.42 Å². The number of nitrogens with zero attached hydrogens (tertiary/aromatic N) is 4. The van der Waals surface area contributed by atoms with E-state index in [-0.39, 0.29) is 78.8 Å². The fraction of sp³-hybridized carbons (Fsp3) is 0.418. The molecule has 424 valence electrons. The summed E-state index contributed by atoms with van der Waals surface area (Å²) >= 11 is 0. The average molecular weight is 1130 g/mol. The molecule has 2 aromatic carbocycles. The Morgan fingerprint density at radius 1 is 0.738 bits per heavy atom. The van der Waals surface area contributed by atoms with Crippen molar-refractivity contribution >= 4 is 55.7 Å². The van der Waals surface area contributed by atoms with Crippen molar-refractivity contribution in [2.75, 3.05) is 6.26 Å². The van der Waals surface area contributed by atoms with Gasteiger partial charge >= 0.3 is 17.9 Å². The highest BCUT2D eigenvalue weighted by Crippen LogP contribution is 2.48. The van der Waals surface area contributed by atoms with Gasteiger partial charge in [0.15, 0.2) is 11.2 Å². The van der Waals surface area contributed by atoms with Crippen LogP contribution in [0.3, 0.4) is 0 Å². The SMILES string of the molecule is CC[C@@]1(O)C(=O)OCc2c1cc1n(c2=O)Cc2c-1nc1cc(F)c(C)c3c1c2[C@@H](N)CC3.CC[C@@]1(O)C(=O)OCc2c1cc1n(c2=O)Cc2c-1nc1cc(F)c(C)c3c1c2[C@@H](NC(=O)[C@H](C)O)CC3.CS(=O)(=O)O.C[C@H](O)C(=O)O. The van der Waals surface area contributed by atoms with Gasteiger partial charge < -0.3 is 55.2 Å². The zero-order valence-corrected chi connectivity index (χ0v) is 45.3. The Kier molecular flexibility index (Phi) is 14.8. The van der Waals surface area contributed by atoms with Gasteiger partial charge in [-0.05, 0) is 112 Å². The number of pyridine rings is 4. The number of benzene rings is 2. The number of aliphatic hydroxyl groups is 4. The van der Waals surface area contributed by atoms with Gasteiger partial charge in [-0.15, -0.1) is 0 Å². The van der Waals surface area contributed by atoms with Crippen molar-refractivity contribution in [3.63, 3.8) is 0 Å². The monoisotopic (exact) mass is 1130 g/mol. The standard InChI is InChI=1S/C27H26FN3O6.C24H22FN3O4.C3H6O3.CH4O3S/c1-4-27(36)16-7-20-23-14(9-31(20)25(34)15(16)10-37-26(27)35)22-18(30-24(33)12(3)32)6-5-13-11(2)17(28)8-19(29-23)21(13)22;1-3-24(31)14-6-18-21-12(8-28(18)22(29)13(14)9-32-23(24)30)19-16(26)5-4-11-10(2)15(25)7-17(27-21)20(11)19;1-2(4)3(5)6;1-5(2,3)4/h7-8,12,18,32,36H,4-6,9-10H2,1-3H3,(H,30,33);6-7,16,31H,3-5,8-9,26H2,1-2H3;2,4H,1H3,(H,5,6);1H3,(H,2,3,4)/t12-,18-,27-;16-,24-;2-;/m000./s1. The fourth-order valence-corrected chi connectivity index (χ4v) is 11.6. The smallest absolute Gasteiger partial charge is 0.343 e. The number of cyclic esters (lactones) is 2. The molecule has 0 saturated heterocycles. The Balaban J connectivity index is 0.000000164. The molecule has 80 heavy (non-hydrogen) atoms. The first-order valence-corrected chi connectivity index (χ1v) is 27.5. The van der Waals surface area contributed by atoms with Crippen LogP contribution >= 0.6 is 0 Å². The number of hydrogen-bond donors (Lipinski definition) is 8. The molecule has 2 aliphatic carbocycles. The third-order valence-corrected chi connectivity index (χ3v) is 15.9. The highest BCUT2D eigenvalue weighted by molar-refractivity contribution is 7.85. The maximum atomic E-state index is 14.9. The van der Waals surface area contributed by atoms with Crippen molar-refractivity contribution in [1.29, 1.82) is 0 Å². The number of carboxylic acid groups (broad SMARTS) is 1. The van der Waals surface area contributed by atoms with Crippen molar-refractivity contribution in [2.45, 2.75) is 142 Å². The van der Waals surface area contributed by atoms with E-state index in [0.29, 0.717) is 82.4 Å². The van der Waals surface area contributed by atoms with E-state index in [0.717, 1.165) is 38.6 Å². The van der Waals surface area contributed by atoms with Crippen LogP contribution in [0.15, 0.2) is 33.9 Å². The van der Waals surface area contributed by atoms with Gasteiger partial charge in [-0.1, -0.05) is 13.8 Å². The number of aliphatic carboxylic acids is 1. The zero-order valence-electron chi connectivity index (χ0n) is 44.5. The van der Waals surface area contributed by atoms with E-state index < -0.39 is 74.8 Å². The molecule has 6 aromatic rings. The summed E-state index contributed by atoms with van der Waals surface area (Å²) in [7, 11) is -3.67. The number of aliphatic hydroxyl groups excluding tert-OH is 2. The van der Waals surface area contributed by atoms with E-state index in [1.54, 1.807) is 44.4 Å². The number of nitrogens with one attached hydrogen (secondary N) is 1. The van der Waals surface area contributed by atoms with Crippen LogP contribution in [-0.2, 0) is 89.1 Å². The van der Waals surface area contributed by atoms with E-state index in [4.69, 9.17) is 39.9 Å². The van der Waals surface area contributed by atoms with Crippen LogP contribution in [0.1, 0.15) is 132 Å². The van der Waals surface area contributed by atoms with Crippen molar-refractivity contribution in [1.82, 2.24) is 24.4 Å². The molecule has 4 aliphatic heterocycles. The first kappa shape index (κ1) is 57.3. The predicted molar refractivity (Wildman–Crippen MR) is 281 cm³/mol. The number of nitrogens with two attached hydrogens (primary N) is 1. The molecule has 4 aromatic heterocycles. The molecular formula is C55H58F2N6O16S. The summed E-state index contributed by atoms with van der Waals surface area (Å²) < 4.78 is 68.8. The number of hydrogen-bond acceptors (Lipinski definition) is 17. The third kappa shape index (κ3) is 9.42.